The predicted molar refractivity (Wildman–Crippen MR) is 110 cm³/mol. The van der Waals surface area contributed by atoms with Crippen molar-refractivity contribution in [1.29, 1.82) is 0 Å². The summed E-state index contributed by atoms with van der Waals surface area (Å²) in [6.45, 7) is 3.39. The molecule has 0 heterocycles. The SMILES string of the molecule is C=CCc1cc(/C=N/NC(=O)CNC(=O)c2ccccc2OC)cc(OC)c1O. The Hall–Kier alpha value is -3.81. The Balaban J connectivity index is 1.95. The van der Waals surface area contributed by atoms with Crippen LogP contribution in [-0.4, -0.2) is 43.9 Å². The summed E-state index contributed by atoms with van der Waals surface area (Å²) in [4.78, 5) is 24.1. The molecule has 0 unspecified atom stereocenters. The normalized spacial score (nSPS) is 10.4. The van der Waals surface area contributed by atoms with Crippen molar-refractivity contribution in [3.8, 4) is 17.2 Å². The Kier molecular flexibility index (Phi) is 7.78. The number of para-hydroxylation sites is 1. The zero-order chi connectivity index (χ0) is 21.2. The van der Waals surface area contributed by atoms with Gasteiger partial charge in [-0.05, 0) is 36.2 Å². The number of hydrazone groups is 1. The summed E-state index contributed by atoms with van der Waals surface area (Å²) in [6, 6.07) is 10.00. The van der Waals surface area contributed by atoms with E-state index in [0.717, 1.165) is 0 Å². The molecule has 3 N–H and O–H groups in total. The van der Waals surface area contributed by atoms with Gasteiger partial charge >= 0.3 is 0 Å². The lowest BCUT2D eigenvalue weighted by Gasteiger charge is -2.09. The van der Waals surface area contributed by atoms with Crippen molar-refractivity contribution in [2.75, 3.05) is 20.8 Å². The second-order valence-corrected chi connectivity index (χ2v) is 5.90. The van der Waals surface area contributed by atoms with Crippen molar-refractivity contribution in [3.05, 3.63) is 65.7 Å². The molecular formula is C21H23N3O5. The van der Waals surface area contributed by atoms with Crippen LogP contribution in [0.4, 0.5) is 0 Å². The molecule has 0 fully saturated rings. The fraction of sp³-hybridized carbons (Fsp3) is 0.190. The second-order valence-electron chi connectivity index (χ2n) is 5.90. The molecule has 0 aliphatic heterocycles. The summed E-state index contributed by atoms with van der Waals surface area (Å²) in [5, 5.41) is 16.4. The van der Waals surface area contributed by atoms with Gasteiger partial charge in [0.15, 0.2) is 11.5 Å². The van der Waals surface area contributed by atoms with Crippen LogP contribution in [0.1, 0.15) is 21.5 Å². The summed E-state index contributed by atoms with van der Waals surface area (Å²) < 4.78 is 10.3. The minimum absolute atomic E-state index is 0.0349. The number of ether oxygens (including phenoxy) is 2. The third-order valence-corrected chi connectivity index (χ3v) is 3.92. The van der Waals surface area contributed by atoms with E-state index in [-0.39, 0.29) is 12.3 Å². The van der Waals surface area contributed by atoms with Crippen LogP contribution >= 0.6 is 0 Å². The van der Waals surface area contributed by atoms with E-state index in [4.69, 9.17) is 9.47 Å². The monoisotopic (exact) mass is 397 g/mol. The Bertz CT molecular complexity index is 925. The van der Waals surface area contributed by atoms with Gasteiger partial charge in [0, 0.05) is 5.56 Å². The van der Waals surface area contributed by atoms with Crippen molar-refractivity contribution in [3.63, 3.8) is 0 Å². The molecule has 2 rings (SSSR count). The van der Waals surface area contributed by atoms with Gasteiger partial charge in [-0.2, -0.15) is 5.10 Å². The van der Waals surface area contributed by atoms with Crippen LogP contribution in [0.3, 0.4) is 0 Å². The molecule has 0 bridgehead atoms. The second kappa shape index (κ2) is 10.5. The number of hydrogen-bond donors (Lipinski definition) is 3. The van der Waals surface area contributed by atoms with Gasteiger partial charge in [-0.3, -0.25) is 9.59 Å². The largest absolute Gasteiger partial charge is 0.504 e. The number of amides is 2. The Morgan fingerprint density at radius 2 is 1.90 bits per heavy atom. The molecule has 2 amide bonds. The number of carbonyl (C=O) groups excluding carboxylic acids is 2. The van der Waals surface area contributed by atoms with Crippen molar-refractivity contribution >= 4 is 18.0 Å². The lowest BCUT2D eigenvalue weighted by Crippen LogP contribution is -2.35. The number of rotatable bonds is 9. The lowest BCUT2D eigenvalue weighted by molar-refractivity contribution is -0.120. The highest BCUT2D eigenvalue weighted by atomic mass is 16.5. The topological polar surface area (TPSA) is 109 Å². The van der Waals surface area contributed by atoms with Crippen LogP contribution in [0.25, 0.3) is 0 Å². The Morgan fingerprint density at radius 1 is 1.17 bits per heavy atom. The van der Waals surface area contributed by atoms with E-state index < -0.39 is 11.8 Å². The smallest absolute Gasteiger partial charge is 0.259 e. The van der Waals surface area contributed by atoms with Crippen LogP contribution in [0, 0.1) is 0 Å². The van der Waals surface area contributed by atoms with Gasteiger partial charge in [-0.15, -0.1) is 6.58 Å². The van der Waals surface area contributed by atoms with Crippen LogP contribution in [0.2, 0.25) is 0 Å². The molecule has 0 radical (unpaired) electrons. The van der Waals surface area contributed by atoms with Crippen molar-refractivity contribution in [2.45, 2.75) is 6.42 Å². The number of allylic oxidation sites excluding steroid dienone is 1. The highest BCUT2D eigenvalue weighted by molar-refractivity contribution is 5.98. The van der Waals surface area contributed by atoms with Crippen molar-refractivity contribution in [2.24, 2.45) is 5.10 Å². The number of phenols is 1. The first-order valence-electron chi connectivity index (χ1n) is 8.74. The summed E-state index contributed by atoms with van der Waals surface area (Å²) in [5.41, 5.74) is 3.90. The molecule has 8 heteroatoms. The summed E-state index contributed by atoms with van der Waals surface area (Å²) in [7, 11) is 2.91. The number of aromatic hydroxyl groups is 1. The Labute approximate surface area is 168 Å². The number of hydrogen-bond acceptors (Lipinski definition) is 6. The standard InChI is InChI=1S/C21H23N3O5/c1-4-7-15-10-14(11-18(29-3)20(15)26)12-23-24-19(25)13-22-21(27)16-8-5-6-9-17(16)28-2/h4-6,8-12,26H,1,7,13H2,2-3H3,(H,22,27)(H,24,25)/b23-12+. The first-order chi connectivity index (χ1) is 14.0. The van der Waals surface area contributed by atoms with Gasteiger partial charge in [-0.1, -0.05) is 18.2 Å². The van der Waals surface area contributed by atoms with Gasteiger partial charge in [-0.25, -0.2) is 5.43 Å². The maximum atomic E-state index is 12.2. The van der Waals surface area contributed by atoms with Crippen LogP contribution in [0.5, 0.6) is 17.2 Å². The number of carbonyl (C=O) groups is 2. The van der Waals surface area contributed by atoms with E-state index in [1.807, 2.05) is 0 Å². The van der Waals surface area contributed by atoms with Crippen LogP contribution in [0.15, 0.2) is 54.2 Å². The molecule has 8 nitrogen and oxygen atoms in total. The molecule has 152 valence electrons. The maximum Gasteiger partial charge on any atom is 0.259 e. The zero-order valence-corrected chi connectivity index (χ0v) is 16.3. The first kappa shape index (κ1) is 21.5. The molecule has 0 spiro atoms. The van der Waals surface area contributed by atoms with Crippen LogP contribution < -0.4 is 20.2 Å². The molecule has 29 heavy (non-hydrogen) atoms. The fourth-order valence-corrected chi connectivity index (χ4v) is 2.54. The minimum Gasteiger partial charge on any atom is -0.504 e. The van der Waals surface area contributed by atoms with E-state index in [1.165, 1.54) is 20.4 Å². The van der Waals surface area contributed by atoms with Gasteiger partial charge < -0.3 is 19.9 Å². The number of nitrogens with zero attached hydrogens (tertiary/aromatic N) is 1. The lowest BCUT2D eigenvalue weighted by atomic mass is 10.1. The summed E-state index contributed by atoms with van der Waals surface area (Å²) in [6.07, 6.45) is 3.52. The van der Waals surface area contributed by atoms with E-state index in [1.54, 1.807) is 42.5 Å². The third-order valence-electron chi connectivity index (χ3n) is 3.92. The first-order valence-corrected chi connectivity index (χ1v) is 8.74. The molecule has 0 saturated carbocycles. The van der Waals surface area contributed by atoms with Crippen LogP contribution in [-0.2, 0) is 11.2 Å². The van der Waals surface area contributed by atoms with Crippen molar-refractivity contribution in [1.82, 2.24) is 10.7 Å². The zero-order valence-electron chi connectivity index (χ0n) is 16.3. The minimum atomic E-state index is -0.499. The molecule has 0 saturated heterocycles. The van der Waals surface area contributed by atoms with Crippen molar-refractivity contribution < 1.29 is 24.2 Å². The average Bonchev–Trinajstić information content (AvgIpc) is 2.74. The number of benzene rings is 2. The number of phenolic OH excluding ortho intramolecular Hbond substituents is 1. The predicted octanol–water partition coefficient (Wildman–Crippen LogP) is 2.02. The highest BCUT2D eigenvalue weighted by Gasteiger charge is 2.12. The number of nitrogens with one attached hydrogen (secondary N) is 2. The fourth-order valence-electron chi connectivity index (χ4n) is 2.54. The molecule has 0 aromatic heterocycles. The van der Waals surface area contributed by atoms with Gasteiger partial charge in [0.05, 0.1) is 32.5 Å². The third kappa shape index (κ3) is 5.83. The Morgan fingerprint density at radius 3 is 2.59 bits per heavy atom. The summed E-state index contributed by atoms with van der Waals surface area (Å²) in [5.74, 6) is -0.186. The number of methoxy groups -OCH3 is 2. The van der Waals surface area contributed by atoms with E-state index in [9.17, 15) is 14.7 Å². The molecule has 2 aromatic rings. The molecular weight excluding hydrogens is 374 g/mol. The van der Waals surface area contributed by atoms with Gasteiger partial charge in [0.1, 0.15) is 5.75 Å². The molecule has 0 atom stereocenters. The molecule has 0 aliphatic carbocycles. The van der Waals surface area contributed by atoms with E-state index in [2.05, 4.69) is 22.4 Å². The highest BCUT2D eigenvalue weighted by Crippen LogP contribution is 2.31. The summed E-state index contributed by atoms with van der Waals surface area (Å²) >= 11 is 0. The average molecular weight is 397 g/mol. The van der Waals surface area contributed by atoms with E-state index in [0.29, 0.717) is 34.6 Å². The van der Waals surface area contributed by atoms with Gasteiger partial charge in [0.2, 0.25) is 0 Å². The van der Waals surface area contributed by atoms with E-state index >= 15 is 0 Å². The molecule has 2 aromatic carbocycles. The molecule has 0 aliphatic rings. The van der Waals surface area contributed by atoms with Gasteiger partial charge in [0.25, 0.3) is 11.8 Å². The maximum absolute atomic E-state index is 12.2. The quantitative estimate of drug-likeness (QED) is 0.341.